The molecule has 0 aliphatic carbocycles. The van der Waals surface area contributed by atoms with Crippen molar-refractivity contribution in [2.45, 2.75) is 19.6 Å². The summed E-state index contributed by atoms with van der Waals surface area (Å²) in [6, 6.07) is 65.3. The highest BCUT2D eigenvalue weighted by Crippen LogP contribution is 2.50. The Hall–Kier alpha value is -7.78. The van der Waals surface area contributed by atoms with Crippen molar-refractivity contribution in [2.24, 2.45) is 0 Å². The van der Waals surface area contributed by atoms with Gasteiger partial charge in [-0.25, -0.2) is 9.97 Å². The van der Waals surface area contributed by atoms with Crippen LogP contribution in [-0.2, 0) is 0 Å². The quantitative estimate of drug-likeness (QED) is 0.184. The van der Waals surface area contributed by atoms with E-state index in [1.54, 1.807) is 0 Å². The first-order valence-electron chi connectivity index (χ1n) is 22.1. The first-order chi connectivity index (χ1) is 32.5. The van der Waals surface area contributed by atoms with Gasteiger partial charge in [0.1, 0.15) is 0 Å². The summed E-state index contributed by atoms with van der Waals surface area (Å²) in [5.41, 5.74) is 21.1. The van der Waals surface area contributed by atoms with Crippen molar-refractivity contribution in [3.05, 3.63) is 216 Å². The minimum Gasteiger partial charge on any atom is -0.355 e. The molecule has 0 atom stereocenters. The van der Waals surface area contributed by atoms with Gasteiger partial charge in [0.05, 0.1) is 45.5 Å². The molecular formula is C58H40N6S2. The monoisotopic (exact) mass is 884 g/mol. The van der Waals surface area contributed by atoms with Gasteiger partial charge in [-0.2, -0.15) is 0 Å². The Morgan fingerprint density at radius 2 is 0.788 bits per heavy atom. The third kappa shape index (κ3) is 6.68. The van der Waals surface area contributed by atoms with Crippen molar-refractivity contribution < 1.29 is 0 Å². The number of rotatable bonds is 4. The van der Waals surface area contributed by atoms with E-state index in [9.17, 15) is 0 Å². The van der Waals surface area contributed by atoms with E-state index in [-0.39, 0.29) is 0 Å². The summed E-state index contributed by atoms with van der Waals surface area (Å²) in [4.78, 5) is 27.9. The second-order valence-corrected chi connectivity index (χ2v) is 19.2. The molecule has 3 aromatic heterocycles. The third-order valence-electron chi connectivity index (χ3n) is 12.9. The number of aromatic nitrogens is 4. The molecule has 0 amide bonds. The van der Waals surface area contributed by atoms with Crippen LogP contribution in [0.3, 0.4) is 0 Å². The lowest BCUT2D eigenvalue weighted by molar-refractivity contribution is 1.11. The van der Waals surface area contributed by atoms with E-state index in [1.807, 2.05) is 23.5 Å². The lowest BCUT2D eigenvalue weighted by Crippen LogP contribution is -2.14. The number of hydrogen-bond acceptors (Lipinski definition) is 6. The fourth-order valence-electron chi connectivity index (χ4n) is 9.63. The maximum absolute atomic E-state index is 5.37. The number of para-hydroxylation sites is 2. The molecule has 9 aromatic rings. The number of fused-ring (bicyclic) bond motifs is 12. The number of H-pyrrole nitrogens is 2. The van der Waals surface area contributed by atoms with Gasteiger partial charge in [0.25, 0.3) is 0 Å². The van der Waals surface area contributed by atoms with Crippen LogP contribution < -0.4 is 9.80 Å². The smallest absolute Gasteiger partial charge is 0.0736 e. The Labute approximate surface area is 391 Å². The van der Waals surface area contributed by atoms with Gasteiger partial charge in [-0.1, -0.05) is 121 Å². The van der Waals surface area contributed by atoms with E-state index in [1.165, 1.54) is 42.3 Å². The van der Waals surface area contributed by atoms with Crippen molar-refractivity contribution in [1.29, 1.82) is 0 Å². The van der Waals surface area contributed by atoms with E-state index in [2.05, 4.69) is 228 Å². The Bertz CT molecular complexity index is 3450. The van der Waals surface area contributed by atoms with Gasteiger partial charge in [-0.15, -0.1) is 0 Å². The van der Waals surface area contributed by atoms with Crippen LogP contribution in [-0.4, -0.2) is 34.0 Å². The SMILES string of the molecule is CN1c2ccccc2Sc2cc(-c3cc4cc5nc(cc6[nH]c(cc7nc(cc3[nH]4)C=C7c3ccccc3)cc6-c3ccc4c(c3)Sc3ccccc3N4C)C=C5c3ccccc3)ccc21. The second-order valence-electron chi connectivity index (χ2n) is 17.0. The van der Waals surface area contributed by atoms with Crippen molar-refractivity contribution >= 4 is 91.6 Å². The number of nitrogens with zero attached hydrogens (tertiary/aromatic N) is 4. The lowest BCUT2D eigenvalue weighted by atomic mass is 10.0. The van der Waals surface area contributed by atoms with E-state index in [0.29, 0.717) is 0 Å². The molecular weight excluding hydrogens is 845 g/mol. The molecule has 0 radical (unpaired) electrons. The van der Waals surface area contributed by atoms with Crippen molar-refractivity contribution in [1.82, 2.24) is 19.9 Å². The lowest BCUT2D eigenvalue weighted by Gasteiger charge is -2.29. The fraction of sp³-hybridized carbons (Fsp3) is 0.0345. The Kier molecular flexibility index (Phi) is 9.05. The normalized spacial score (nSPS) is 13.6. The molecule has 8 heteroatoms. The van der Waals surface area contributed by atoms with Crippen LogP contribution in [0.2, 0.25) is 0 Å². The average Bonchev–Trinajstić information content (AvgIpc) is 4.15. The number of nitrogens with one attached hydrogen (secondary N) is 2. The first-order valence-corrected chi connectivity index (χ1v) is 23.7. The highest BCUT2D eigenvalue weighted by Gasteiger charge is 2.24. The molecule has 0 fully saturated rings. The summed E-state index contributed by atoms with van der Waals surface area (Å²) in [7, 11) is 4.30. The molecule has 7 heterocycles. The minimum absolute atomic E-state index is 0.871. The van der Waals surface area contributed by atoms with Gasteiger partial charge in [-0.05, 0) is 119 Å². The van der Waals surface area contributed by atoms with Crippen LogP contribution in [0, 0.1) is 0 Å². The third-order valence-corrected chi connectivity index (χ3v) is 15.1. The molecule has 0 spiro atoms. The van der Waals surface area contributed by atoms with Crippen LogP contribution in [0.25, 0.3) is 67.6 Å². The Morgan fingerprint density at radius 1 is 0.379 bits per heavy atom. The molecule has 314 valence electrons. The zero-order valence-corrected chi connectivity index (χ0v) is 37.7. The van der Waals surface area contributed by atoms with Crippen LogP contribution in [0.1, 0.15) is 33.9 Å². The first kappa shape index (κ1) is 38.7. The molecule has 13 rings (SSSR count). The van der Waals surface area contributed by atoms with Gasteiger partial charge < -0.3 is 19.8 Å². The molecule has 2 N–H and O–H groups in total. The molecule has 66 heavy (non-hydrogen) atoms. The van der Waals surface area contributed by atoms with Gasteiger partial charge >= 0.3 is 0 Å². The van der Waals surface area contributed by atoms with Gasteiger partial charge in [0.2, 0.25) is 0 Å². The van der Waals surface area contributed by atoms with Crippen LogP contribution >= 0.6 is 23.5 Å². The van der Waals surface area contributed by atoms with E-state index < -0.39 is 0 Å². The molecule has 0 saturated heterocycles. The topological polar surface area (TPSA) is 63.8 Å². The number of aromatic amines is 2. The summed E-state index contributed by atoms with van der Waals surface area (Å²) in [6.07, 6.45) is 4.43. The minimum atomic E-state index is 0.871. The Balaban J connectivity index is 1.04. The summed E-state index contributed by atoms with van der Waals surface area (Å²) < 4.78 is 0. The van der Waals surface area contributed by atoms with Crippen LogP contribution in [0.15, 0.2) is 202 Å². The zero-order chi connectivity index (χ0) is 43.9. The standard InChI is InChI=1S/C58H40N6S2/c1-63-51-17-9-11-19-55(51)65-57-25-37(21-23-53(57)63)45-29-41-31-47-44(36-15-7-4-8-16-36)28-40(60-47)34-50-46(38-22-24-54-58(26-38)66-56-20-12-10-18-52(56)64(54)2)30-42(62-50)32-48-43(35-13-5-3-6-14-35)27-39(59-48)33-49(45)61-41/h3-34,61-62H,1-2H3. The highest BCUT2D eigenvalue weighted by molar-refractivity contribution is 8.00. The fourth-order valence-corrected chi connectivity index (χ4v) is 12.0. The van der Waals surface area contributed by atoms with Crippen LogP contribution in [0.4, 0.5) is 22.7 Å². The van der Waals surface area contributed by atoms with Crippen molar-refractivity contribution in [3.63, 3.8) is 0 Å². The maximum atomic E-state index is 5.37. The van der Waals surface area contributed by atoms with Crippen LogP contribution in [0.5, 0.6) is 0 Å². The summed E-state index contributed by atoms with van der Waals surface area (Å²) in [6.45, 7) is 0. The molecule has 6 aromatic carbocycles. The average molecular weight is 885 g/mol. The number of hydrogen-bond donors (Lipinski definition) is 2. The predicted octanol–water partition coefficient (Wildman–Crippen LogP) is 15.3. The number of benzene rings is 6. The van der Waals surface area contributed by atoms with E-state index >= 15 is 0 Å². The summed E-state index contributed by atoms with van der Waals surface area (Å²) in [5.74, 6) is 0. The maximum Gasteiger partial charge on any atom is 0.0736 e. The molecule has 0 saturated carbocycles. The van der Waals surface area contributed by atoms with Gasteiger partial charge in [0, 0.05) is 78.0 Å². The predicted molar refractivity (Wildman–Crippen MR) is 276 cm³/mol. The number of anilines is 4. The largest absolute Gasteiger partial charge is 0.355 e. The molecule has 4 aliphatic heterocycles. The summed E-state index contributed by atoms with van der Waals surface area (Å²) >= 11 is 3.65. The van der Waals surface area contributed by atoms with E-state index in [0.717, 1.165) is 89.4 Å². The van der Waals surface area contributed by atoms with Gasteiger partial charge in [-0.3, -0.25) is 0 Å². The molecule has 4 aliphatic rings. The zero-order valence-electron chi connectivity index (χ0n) is 36.1. The molecule has 6 nitrogen and oxygen atoms in total. The summed E-state index contributed by atoms with van der Waals surface area (Å²) in [5, 5.41) is 0. The molecule has 0 unspecified atom stereocenters. The Morgan fingerprint density at radius 3 is 1.24 bits per heavy atom. The van der Waals surface area contributed by atoms with Crippen molar-refractivity contribution in [3.8, 4) is 22.3 Å². The second kappa shape index (κ2) is 15.4. The van der Waals surface area contributed by atoms with Gasteiger partial charge in [0.15, 0.2) is 0 Å². The van der Waals surface area contributed by atoms with E-state index in [4.69, 9.17) is 9.97 Å². The van der Waals surface area contributed by atoms with Crippen molar-refractivity contribution in [2.75, 3.05) is 23.9 Å². The highest BCUT2D eigenvalue weighted by atomic mass is 32.2. The molecule has 8 bridgehead atoms.